The second kappa shape index (κ2) is 7.52. The number of ether oxygens (including phenoxy) is 3. The molecule has 1 spiro atoms. The van der Waals surface area contributed by atoms with Crippen LogP contribution in [-0.4, -0.2) is 36.4 Å². The molecular weight excluding hydrogens is 448 g/mol. The van der Waals surface area contributed by atoms with Gasteiger partial charge in [-0.3, -0.25) is 9.59 Å². The number of allylic oxidation sites excluding steroid dienone is 1. The molecule has 9 heteroatoms. The highest BCUT2D eigenvalue weighted by Crippen LogP contribution is 2.53. The Bertz CT molecular complexity index is 1360. The average Bonchev–Trinajstić information content (AvgIpc) is 3.30. The first kappa shape index (κ1) is 21.3. The summed E-state index contributed by atoms with van der Waals surface area (Å²) in [5.74, 6) is -0.169. The van der Waals surface area contributed by atoms with E-state index in [0.29, 0.717) is 34.9 Å². The van der Waals surface area contributed by atoms with Crippen LogP contribution in [0, 0.1) is 12.8 Å². The van der Waals surface area contributed by atoms with Gasteiger partial charge in [0.15, 0.2) is 17.2 Å². The highest BCUT2D eigenvalue weighted by atomic mass is 35.5. The number of carbonyl (C=O) groups excluding carboxylic acids is 2. The molecule has 170 valence electrons. The fraction of sp³-hybridized carbons (Fsp3) is 0.292. The number of anilines is 1. The molecule has 33 heavy (non-hydrogen) atoms. The van der Waals surface area contributed by atoms with E-state index in [1.54, 1.807) is 13.8 Å². The molecule has 1 aromatic heterocycles. The van der Waals surface area contributed by atoms with Gasteiger partial charge in [-0.05, 0) is 24.6 Å². The highest BCUT2D eigenvalue weighted by Gasteiger charge is 2.60. The molecule has 1 aliphatic carbocycles. The summed E-state index contributed by atoms with van der Waals surface area (Å²) >= 11 is 6.42. The van der Waals surface area contributed by atoms with Crippen LogP contribution in [0.15, 0.2) is 40.5 Å². The molecule has 8 nitrogen and oxygen atoms in total. The van der Waals surface area contributed by atoms with Crippen molar-refractivity contribution in [2.24, 2.45) is 5.92 Å². The summed E-state index contributed by atoms with van der Waals surface area (Å²) in [6.07, 6.45) is 1.82. The molecule has 3 aromatic rings. The summed E-state index contributed by atoms with van der Waals surface area (Å²) in [7, 11) is 2.88. The van der Waals surface area contributed by atoms with Gasteiger partial charge in [-0.25, -0.2) is 4.98 Å². The van der Waals surface area contributed by atoms with Gasteiger partial charge in [0, 0.05) is 36.4 Å². The molecule has 0 radical (unpaired) electrons. The number of aromatic nitrogens is 1. The fourth-order valence-electron chi connectivity index (χ4n) is 4.52. The number of ketones is 2. The number of rotatable bonds is 4. The van der Waals surface area contributed by atoms with E-state index in [1.165, 1.54) is 26.4 Å². The van der Waals surface area contributed by atoms with Crippen LogP contribution in [0.1, 0.15) is 29.6 Å². The molecule has 0 saturated carbocycles. The third kappa shape index (κ3) is 3.08. The summed E-state index contributed by atoms with van der Waals surface area (Å²) < 4.78 is 22.2. The van der Waals surface area contributed by atoms with Crippen LogP contribution in [-0.2, 0) is 4.79 Å². The van der Waals surface area contributed by atoms with Gasteiger partial charge < -0.3 is 23.9 Å². The number of methoxy groups -OCH3 is 2. The minimum absolute atomic E-state index is 0.106. The lowest BCUT2D eigenvalue weighted by Crippen LogP contribution is -2.55. The maximum Gasteiger partial charge on any atom is 0.236 e. The average molecular weight is 469 g/mol. The fourth-order valence-corrected chi connectivity index (χ4v) is 4.79. The van der Waals surface area contributed by atoms with Crippen LogP contribution in [0.2, 0.25) is 5.02 Å². The third-order valence-electron chi connectivity index (χ3n) is 6.11. The van der Waals surface area contributed by atoms with Crippen molar-refractivity contribution in [3.63, 3.8) is 0 Å². The number of nitrogens with one attached hydrogen (secondary N) is 1. The van der Waals surface area contributed by atoms with Gasteiger partial charge in [0.1, 0.15) is 27.6 Å². The molecule has 1 N–H and O–H groups in total. The van der Waals surface area contributed by atoms with Crippen molar-refractivity contribution in [2.75, 3.05) is 19.5 Å². The molecule has 0 amide bonds. The minimum Gasteiger partial charge on any atom is -0.496 e. The number of aryl methyl sites for hydroxylation is 1. The molecule has 0 bridgehead atoms. The topological polar surface area (TPSA) is 99.9 Å². The number of Topliss-reactive ketones (excluding diaryl/α,β-unsaturated/α-hetero) is 1. The monoisotopic (exact) mass is 468 g/mol. The molecular formula is C24H21ClN2O6. The summed E-state index contributed by atoms with van der Waals surface area (Å²) in [6, 6.07) is 7.02. The number of oxazole rings is 1. The molecule has 5 rings (SSSR count). The Labute approximate surface area is 194 Å². The van der Waals surface area contributed by atoms with E-state index in [2.05, 4.69) is 10.3 Å². The number of hydrogen-bond donors (Lipinski definition) is 1. The Balaban J connectivity index is 1.49. The van der Waals surface area contributed by atoms with Crippen LogP contribution >= 0.6 is 11.6 Å². The quantitative estimate of drug-likeness (QED) is 0.549. The minimum atomic E-state index is -1.70. The van der Waals surface area contributed by atoms with Crippen molar-refractivity contribution >= 4 is 40.0 Å². The van der Waals surface area contributed by atoms with Gasteiger partial charge in [0.05, 0.1) is 14.2 Å². The van der Waals surface area contributed by atoms with Crippen LogP contribution in [0.3, 0.4) is 0 Å². The first-order valence-corrected chi connectivity index (χ1v) is 10.7. The number of fused-ring (bicyclic) bond motifs is 2. The zero-order valence-electron chi connectivity index (χ0n) is 18.4. The first-order chi connectivity index (χ1) is 15.8. The summed E-state index contributed by atoms with van der Waals surface area (Å²) in [6.45, 7) is 3.59. The van der Waals surface area contributed by atoms with E-state index in [1.807, 2.05) is 18.2 Å². The van der Waals surface area contributed by atoms with Gasteiger partial charge in [-0.15, -0.1) is 0 Å². The highest BCUT2D eigenvalue weighted by molar-refractivity contribution is 6.36. The summed E-state index contributed by atoms with van der Waals surface area (Å²) in [4.78, 5) is 31.3. The molecule has 2 aromatic carbocycles. The Morgan fingerprint density at radius 2 is 1.94 bits per heavy atom. The molecule has 1 aliphatic heterocycles. The number of halogens is 1. The Morgan fingerprint density at radius 3 is 2.64 bits per heavy atom. The van der Waals surface area contributed by atoms with Crippen molar-refractivity contribution in [3.8, 4) is 17.2 Å². The standard InChI is InChI=1S/C24H21ClN2O6/c1-11-7-14(27-13-5-6-16-15(8-13)26-12(2)32-16)9-19(28)24(11)23(29)20-17(30-3)10-18(31-4)21(25)22(20)33-24/h5-6,8-11,27H,7H2,1-4H3. The van der Waals surface area contributed by atoms with Crippen molar-refractivity contribution < 1.29 is 28.2 Å². The Kier molecular flexibility index (Phi) is 4.86. The molecule has 0 fully saturated rings. The molecule has 0 saturated heterocycles. The predicted molar refractivity (Wildman–Crippen MR) is 121 cm³/mol. The van der Waals surface area contributed by atoms with Crippen molar-refractivity contribution in [1.82, 2.24) is 4.98 Å². The van der Waals surface area contributed by atoms with Gasteiger partial charge in [0.25, 0.3) is 0 Å². The third-order valence-corrected chi connectivity index (χ3v) is 6.47. The smallest absolute Gasteiger partial charge is 0.236 e. The lowest BCUT2D eigenvalue weighted by Gasteiger charge is -2.35. The van der Waals surface area contributed by atoms with Crippen LogP contribution in [0.5, 0.6) is 17.2 Å². The van der Waals surface area contributed by atoms with Gasteiger partial charge in [-0.2, -0.15) is 0 Å². The van der Waals surface area contributed by atoms with E-state index >= 15 is 0 Å². The Morgan fingerprint density at radius 1 is 1.18 bits per heavy atom. The number of hydrogen-bond acceptors (Lipinski definition) is 8. The normalized spacial score (nSPS) is 21.7. The number of nitrogens with zero attached hydrogens (tertiary/aromatic N) is 1. The lowest BCUT2D eigenvalue weighted by molar-refractivity contribution is -0.129. The molecule has 2 unspecified atom stereocenters. The summed E-state index contributed by atoms with van der Waals surface area (Å²) in [5, 5.41) is 3.39. The number of benzene rings is 2. The Hall–Kier alpha value is -3.52. The van der Waals surface area contributed by atoms with E-state index < -0.39 is 23.1 Å². The number of carbonyl (C=O) groups is 2. The van der Waals surface area contributed by atoms with Crippen LogP contribution < -0.4 is 19.5 Å². The SMILES string of the molecule is COc1cc(OC)c2c(c1Cl)OC1(C(=O)C=C(Nc3ccc4oc(C)nc4c3)CC1C)C2=O. The maximum atomic E-state index is 13.5. The second-order valence-corrected chi connectivity index (χ2v) is 8.52. The first-order valence-electron chi connectivity index (χ1n) is 10.4. The predicted octanol–water partition coefficient (Wildman–Crippen LogP) is 4.73. The van der Waals surface area contributed by atoms with Crippen LogP contribution in [0.4, 0.5) is 5.69 Å². The zero-order valence-corrected chi connectivity index (χ0v) is 19.2. The van der Waals surface area contributed by atoms with E-state index in [-0.39, 0.29) is 22.1 Å². The second-order valence-electron chi connectivity index (χ2n) is 8.15. The zero-order chi connectivity index (χ0) is 23.5. The van der Waals surface area contributed by atoms with E-state index in [9.17, 15) is 9.59 Å². The van der Waals surface area contributed by atoms with Crippen molar-refractivity contribution in [3.05, 3.63) is 52.5 Å². The van der Waals surface area contributed by atoms with Gasteiger partial charge >= 0.3 is 0 Å². The van der Waals surface area contributed by atoms with Gasteiger partial charge in [-0.1, -0.05) is 18.5 Å². The van der Waals surface area contributed by atoms with Crippen molar-refractivity contribution in [2.45, 2.75) is 25.9 Å². The summed E-state index contributed by atoms with van der Waals surface area (Å²) in [5.41, 5.74) is 1.27. The van der Waals surface area contributed by atoms with E-state index in [4.69, 9.17) is 30.2 Å². The maximum absolute atomic E-state index is 13.5. The molecule has 2 aliphatic rings. The van der Waals surface area contributed by atoms with Gasteiger partial charge in [0.2, 0.25) is 17.2 Å². The van der Waals surface area contributed by atoms with Crippen LogP contribution in [0.25, 0.3) is 11.1 Å². The van der Waals surface area contributed by atoms with Crippen molar-refractivity contribution in [1.29, 1.82) is 0 Å². The molecule has 2 heterocycles. The van der Waals surface area contributed by atoms with E-state index in [0.717, 1.165) is 5.69 Å². The largest absolute Gasteiger partial charge is 0.496 e. The lowest BCUT2D eigenvalue weighted by atomic mass is 9.74. The molecule has 2 atom stereocenters.